The number of benzene rings is 2. The monoisotopic (exact) mass is 712 g/mol. The number of nitrogens with two attached hydrogens (primary N) is 1. The SMILES string of the molecule is CCC.CCc1cc(=O)[nH]c2c(OC)cc(N)cc12.COc1cc(NC(=O)c2cc3c(nc2N2CCOCC2)COC3C)cc2c(C)cc(=O)[nH]c12. The fourth-order valence-electron chi connectivity index (χ4n) is 6.29. The summed E-state index contributed by atoms with van der Waals surface area (Å²) in [5.74, 6) is 1.45. The van der Waals surface area contributed by atoms with Crippen molar-refractivity contribution >= 4 is 44.9 Å². The van der Waals surface area contributed by atoms with Crippen LogP contribution in [0.2, 0.25) is 0 Å². The number of nitrogen functional groups attached to an aromatic ring is 1. The standard InChI is InChI=1S/C24H26N4O5.C12H14N2O2.C3H8/c1-13-8-21(29)27-22-16(13)9-15(10-20(22)31-3)25-24(30)18-11-17-14(2)33-12-19(17)26-23(18)28-4-6-32-7-5-28;1-3-7-4-11(15)14-12-9(7)5-8(13)6-10(12)16-2;1-3-2/h8-11,14H,4-7,12H2,1-3H3,(H,25,30)(H,27,29);4-6H,3,13H2,1-2H3,(H,14,15);3H2,1-2H3. The van der Waals surface area contributed by atoms with Gasteiger partial charge < -0.3 is 44.9 Å². The minimum atomic E-state index is -0.269. The molecular weight excluding hydrogens is 664 g/mol. The molecule has 5 N–H and O–H groups in total. The van der Waals surface area contributed by atoms with Crippen molar-refractivity contribution in [2.75, 3.05) is 56.5 Å². The van der Waals surface area contributed by atoms with Crippen molar-refractivity contribution in [1.82, 2.24) is 15.0 Å². The van der Waals surface area contributed by atoms with Crippen molar-refractivity contribution in [3.8, 4) is 11.5 Å². The van der Waals surface area contributed by atoms with Crippen LogP contribution in [0.25, 0.3) is 21.8 Å². The Morgan fingerprint density at radius 1 is 0.942 bits per heavy atom. The number of methoxy groups -OCH3 is 2. The summed E-state index contributed by atoms with van der Waals surface area (Å²) < 4.78 is 21.9. The number of fused-ring (bicyclic) bond motifs is 3. The van der Waals surface area contributed by atoms with Crippen molar-refractivity contribution in [1.29, 1.82) is 0 Å². The molecule has 1 unspecified atom stereocenters. The topological polar surface area (TPSA) is 174 Å². The number of carbonyl (C=O) groups excluding carboxylic acids is 1. The molecule has 13 nitrogen and oxygen atoms in total. The zero-order valence-electron chi connectivity index (χ0n) is 30.9. The van der Waals surface area contributed by atoms with Crippen molar-refractivity contribution in [2.24, 2.45) is 0 Å². The number of carbonyl (C=O) groups is 1. The summed E-state index contributed by atoms with van der Waals surface area (Å²) in [5.41, 5.74) is 12.0. The van der Waals surface area contributed by atoms with Gasteiger partial charge in [0.1, 0.15) is 17.3 Å². The van der Waals surface area contributed by atoms with Gasteiger partial charge in [-0.25, -0.2) is 4.98 Å². The number of nitrogens with zero attached hydrogens (tertiary/aromatic N) is 2. The van der Waals surface area contributed by atoms with E-state index in [1.54, 1.807) is 25.3 Å². The van der Waals surface area contributed by atoms with E-state index in [9.17, 15) is 14.4 Å². The van der Waals surface area contributed by atoms with Crippen molar-refractivity contribution in [3.05, 3.63) is 91.1 Å². The van der Waals surface area contributed by atoms with Crippen LogP contribution < -0.4 is 36.5 Å². The molecule has 276 valence electrons. The van der Waals surface area contributed by atoms with Gasteiger partial charge >= 0.3 is 0 Å². The van der Waals surface area contributed by atoms with Crippen LogP contribution in [0.4, 0.5) is 17.2 Å². The molecule has 13 heteroatoms. The molecule has 2 aliphatic rings. The lowest BCUT2D eigenvalue weighted by Gasteiger charge is -2.29. The molecule has 1 saturated heterocycles. The number of hydrogen-bond donors (Lipinski definition) is 4. The molecule has 0 radical (unpaired) electrons. The highest BCUT2D eigenvalue weighted by atomic mass is 16.5. The second-order valence-corrected chi connectivity index (χ2v) is 12.7. The fraction of sp³-hybridized carbons (Fsp3) is 0.385. The maximum Gasteiger partial charge on any atom is 0.259 e. The first kappa shape index (κ1) is 37.8. The van der Waals surface area contributed by atoms with Crippen molar-refractivity contribution in [3.63, 3.8) is 0 Å². The molecule has 1 atom stereocenters. The number of anilines is 3. The van der Waals surface area contributed by atoms with Crippen LogP contribution >= 0.6 is 0 Å². The fourth-order valence-corrected chi connectivity index (χ4v) is 6.29. The van der Waals surface area contributed by atoms with E-state index in [1.807, 2.05) is 39.0 Å². The minimum Gasteiger partial charge on any atom is -0.494 e. The Morgan fingerprint density at radius 3 is 2.23 bits per heavy atom. The first-order valence-electron chi connectivity index (χ1n) is 17.5. The lowest BCUT2D eigenvalue weighted by molar-refractivity contribution is 0.0786. The maximum atomic E-state index is 13.5. The molecule has 2 aromatic carbocycles. The Morgan fingerprint density at radius 2 is 1.58 bits per heavy atom. The summed E-state index contributed by atoms with van der Waals surface area (Å²) in [4.78, 5) is 49.4. The number of morpholine rings is 1. The number of aromatic nitrogens is 3. The van der Waals surface area contributed by atoms with Gasteiger partial charge in [-0.3, -0.25) is 14.4 Å². The van der Waals surface area contributed by atoms with Crippen LogP contribution in [0.3, 0.4) is 0 Å². The summed E-state index contributed by atoms with van der Waals surface area (Å²) in [6.45, 7) is 13.0. The third-order valence-corrected chi connectivity index (χ3v) is 8.80. The van der Waals surface area contributed by atoms with E-state index < -0.39 is 0 Å². The molecule has 2 aliphatic heterocycles. The minimum absolute atomic E-state index is 0.113. The molecule has 5 aromatic rings. The number of hydrogen-bond acceptors (Lipinski definition) is 10. The molecule has 0 aliphatic carbocycles. The number of H-pyrrole nitrogens is 2. The molecule has 0 bridgehead atoms. The van der Waals surface area contributed by atoms with Crippen LogP contribution in [-0.2, 0) is 22.5 Å². The second-order valence-electron chi connectivity index (χ2n) is 12.7. The van der Waals surface area contributed by atoms with Crippen LogP contribution in [0, 0.1) is 6.92 Å². The summed E-state index contributed by atoms with van der Waals surface area (Å²) in [7, 11) is 3.09. The van der Waals surface area contributed by atoms with Crippen LogP contribution in [0.15, 0.2) is 52.1 Å². The molecule has 7 rings (SSSR count). The van der Waals surface area contributed by atoms with Crippen molar-refractivity contribution in [2.45, 2.75) is 60.2 Å². The Kier molecular flexibility index (Phi) is 12.2. The number of aromatic amines is 2. The first-order valence-corrected chi connectivity index (χ1v) is 17.5. The molecule has 52 heavy (non-hydrogen) atoms. The summed E-state index contributed by atoms with van der Waals surface area (Å²) in [6.07, 6.45) is 1.92. The Bertz CT molecular complexity index is 2190. The highest BCUT2D eigenvalue weighted by molar-refractivity contribution is 6.09. The van der Waals surface area contributed by atoms with Gasteiger partial charge in [-0.1, -0.05) is 27.2 Å². The number of pyridine rings is 3. The van der Waals surface area contributed by atoms with Gasteiger partial charge in [-0.05, 0) is 49.6 Å². The number of aryl methyl sites for hydroxylation is 2. The molecule has 1 fully saturated rings. The predicted molar refractivity (Wildman–Crippen MR) is 205 cm³/mol. The predicted octanol–water partition coefficient (Wildman–Crippen LogP) is 6.02. The molecular formula is C39H48N6O7. The quantitative estimate of drug-likeness (QED) is 0.153. The second kappa shape index (κ2) is 16.7. The summed E-state index contributed by atoms with van der Waals surface area (Å²) in [5, 5.41) is 4.74. The van der Waals surface area contributed by atoms with Gasteiger partial charge in [0.2, 0.25) is 11.1 Å². The highest BCUT2D eigenvalue weighted by Crippen LogP contribution is 2.35. The third kappa shape index (κ3) is 8.21. The average molecular weight is 713 g/mol. The Labute approximate surface area is 302 Å². The largest absolute Gasteiger partial charge is 0.494 e. The van der Waals surface area contributed by atoms with Gasteiger partial charge in [0.05, 0.1) is 62.4 Å². The van der Waals surface area contributed by atoms with E-state index in [0.717, 1.165) is 39.6 Å². The number of nitrogens with one attached hydrogen (secondary N) is 3. The molecule has 3 aromatic heterocycles. The smallest absolute Gasteiger partial charge is 0.259 e. The highest BCUT2D eigenvalue weighted by Gasteiger charge is 2.28. The molecule has 5 heterocycles. The lowest BCUT2D eigenvalue weighted by Crippen LogP contribution is -2.38. The van der Waals surface area contributed by atoms with Crippen LogP contribution in [0.1, 0.15) is 73.0 Å². The zero-order chi connectivity index (χ0) is 37.5. The van der Waals surface area contributed by atoms with E-state index in [2.05, 4.69) is 34.0 Å². The maximum absolute atomic E-state index is 13.5. The molecule has 1 amide bonds. The lowest BCUT2D eigenvalue weighted by atomic mass is 10.1. The van der Waals surface area contributed by atoms with Gasteiger partial charge in [-0.15, -0.1) is 0 Å². The Hall–Kier alpha value is -5.40. The number of amides is 1. The van der Waals surface area contributed by atoms with E-state index in [0.29, 0.717) is 78.2 Å². The van der Waals surface area contributed by atoms with Gasteiger partial charge in [-0.2, -0.15) is 0 Å². The normalized spacial score (nSPS) is 14.9. The van der Waals surface area contributed by atoms with Gasteiger partial charge in [0.25, 0.3) is 5.91 Å². The van der Waals surface area contributed by atoms with E-state index >= 15 is 0 Å². The van der Waals surface area contributed by atoms with Gasteiger partial charge in [0, 0.05) is 65.1 Å². The van der Waals surface area contributed by atoms with Gasteiger partial charge in [0.15, 0.2) is 0 Å². The van der Waals surface area contributed by atoms with Crippen LogP contribution in [0.5, 0.6) is 11.5 Å². The van der Waals surface area contributed by atoms with Crippen LogP contribution in [-0.4, -0.2) is 61.4 Å². The van der Waals surface area contributed by atoms with E-state index in [4.69, 9.17) is 29.7 Å². The number of ether oxygens (including phenoxy) is 4. The first-order chi connectivity index (χ1) is 25.0. The van der Waals surface area contributed by atoms with E-state index in [-0.39, 0.29) is 23.1 Å². The van der Waals surface area contributed by atoms with E-state index in [1.165, 1.54) is 19.6 Å². The number of rotatable bonds is 6. The Balaban J connectivity index is 0.000000230. The molecule has 0 spiro atoms. The molecule has 0 saturated carbocycles. The summed E-state index contributed by atoms with van der Waals surface area (Å²) >= 11 is 0. The third-order valence-electron chi connectivity index (χ3n) is 8.80. The summed E-state index contributed by atoms with van der Waals surface area (Å²) in [6, 6.07) is 12.1. The average Bonchev–Trinajstić information content (AvgIpc) is 3.50. The zero-order valence-corrected chi connectivity index (χ0v) is 30.9. The van der Waals surface area contributed by atoms with Crippen molar-refractivity contribution < 1.29 is 23.7 Å².